The van der Waals surface area contributed by atoms with Crippen molar-refractivity contribution in [1.29, 1.82) is 0 Å². The van der Waals surface area contributed by atoms with Crippen molar-refractivity contribution in [2.75, 3.05) is 12.4 Å². The van der Waals surface area contributed by atoms with Crippen LogP contribution in [0.4, 0.5) is 5.69 Å². The van der Waals surface area contributed by atoms with Gasteiger partial charge in [0.25, 0.3) is 5.91 Å². The summed E-state index contributed by atoms with van der Waals surface area (Å²) in [5.74, 6) is -0.571. The number of amides is 2. The molecular weight excluding hydrogens is 358 g/mol. The van der Waals surface area contributed by atoms with Crippen LogP contribution in [0.3, 0.4) is 0 Å². The number of nitrogens with one attached hydrogen (secondary N) is 3. The van der Waals surface area contributed by atoms with Crippen LogP contribution in [0.1, 0.15) is 17.3 Å². The Kier molecular flexibility index (Phi) is 6.46. The Morgan fingerprint density at radius 2 is 1.88 bits per heavy atom. The molecule has 0 atom stereocenters. The molecular formula is C18H18ClN3O4. The molecule has 0 saturated heterocycles. The van der Waals surface area contributed by atoms with E-state index in [4.69, 9.17) is 16.3 Å². The molecule has 2 rings (SSSR count). The van der Waals surface area contributed by atoms with E-state index >= 15 is 0 Å². The van der Waals surface area contributed by atoms with E-state index in [2.05, 4.69) is 16.2 Å². The zero-order valence-electron chi connectivity index (χ0n) is 14.2. The van der Waals surface area contributed by atoms with Crippen LogP contribution in [-0.4, -0.2) is 24.0 Å². The summed E-state index contributed by atoms with van der Waals surface area (Å²) in [4.78, 5) is 24.0. The molecule has 0 radical (unpaired) electrons. The fraction of sp³-hybridized carbons (Fsp3) is 0.111. The van der Waals surface area contributed by atoms with Crippen LogP contribution in [0, 0.1) is 0 Å². The van der Waals surface area contributed by atoms with E-state index in [0.29, 0.717) is 22.2 Å². The Morgan fingerprint density at radius 1 is 1.15 bits per heavy atom. The molecule has 0 bridgehead atoms. The standard InChI is InChI=1S/C18H18ClN3O4/c1-11(21-22-18(25)13-5-3-4-6-15(13)23)9-17(24)20-12-7-8-16(26-2)14(19)10-12/h3-10,21,23H,1-2H3,(H,20,24)(H,22,25)/b11-9+. The third-order valence-corrected chi connectivity index (χ3v) is 3.58. The van der Waals surface area contributed by atoms with E-state index in [0.717, 1.165) is 0 Å². The highest BCUT2D eigenvalue weighted by Gasteiger charge is 2.10. The first-order valence-electron chi connectivity index (χ1n) is 7.58. The summed E-state index contributed by atoms with van der Waals surface area (Å²) >= 11 is 6.00. The summed E-state index contributed by atoms with van der Waals surface area (Å²) in [6.07, 6.45) is 1.27. The number of phenolic OH excluding ortho intramolecular Hbond substituents is 1. The summed E-state index contributed by atoms with van der Waals surface area (Å²) in [7, 11) is 1.50. The molecule has 0 aromatic heterocycles. The van der Waals surface area contributed by atoms with Crippen LogP contribution in [0.5, 0.6) is 11.5 Å². The van der Waals surface area contributed by atoms with Crippen molar-refractivity contribution in [2.24, 2.45) is 0 Å². The predicted octanol–water partition coefficient (Wildman–Crippen LogP) is 2.83. The molecule has 0 heterocycles. The summed E-state index contributed by atoms with van der Waals surface area (Å²) in [6, 6.07) is 11.0. The van der Waals surface area contributed by atoms with E-state index in [1.807, 2.05) is 0 Å². The van der Waals surface area contributed by atoms with Crippen LogP contribution < -0.4 is 20.9 Å². The van der Waals surface area contributed by atoms with E-state index in [1.165, 1.54) is 25.3 Å². The average molecular weight is 376 g/mol. The van der Waals surface area contributed by atoms with E-state index in [1.54, 1.807) is 37.3 Å². The Labute approximate surface area is 155 Å². The average Bonchev–Trinajstić information content (AvgIpc) is 2.60. The molecule has 0 aliphatic rings. The summed E-state index contributed by atoms with van der Waals surface area (Å²) in [6.45, 7) is 1.60. The maximum absolute atomic E-state index is 12.0. The van der Waals surface area contributed by atoms with Gasteiger partial charge in [-0.05, 0) is 37.3 Å². The quantitative estimate of drug-likeness (QED) is 0.459. The molecule has 0 saturated carbocycles. The van der Waals surface area contributed by atoms with Gasteiger partial charge >= 0.3 is 0 Å². The number of methoxy groups -OCH3 is 1. The van der Waals surface area contributed by atoms with Crippen molar-refractivity contribution in [1.82, 2.24) is 10.9 Å². The van der Waals surface area contributed by atoms with Gasteiger partial charge in [0.05, 0.1) is 17.7 Å². The van der Waals surface area contributed by atoms with Gasteiger partial charge in [0.2, 0.25) is 5.91 Å². The molecule has 0 spiro atoms. The lowest BCUT2D eigenvalue weighted by Crippen LogP contribution is -2.36. The molecule has 136 valence electrons. The van der Waals surface area contributed by atoms with Crippen LogP contribution in [-0.2, 0) is 4.79 Å². The first-order chi connectivity index (χ1) is 12.4. The molecule has 0 fully saturated rings. The second-order valence-corrected chi connectivity index (χ2v) is 5.67. The SMILES string of the molecule is COc1ccc(NC(=O)/C=C(\C)NNC(=O)c2ccccc2O)cc1Cl. The molecule has 8 heteroatoms. The fourth-order valence-electron chi connectivity index (χ4n) is 2.04. The third-order valence-electron chi connectivity index (χ3n) is 3.29. The van der Waals surface area contributed by atoms with Gasteiger partial charge in [-0.25, -0.2) is 0 Å². The molecule has 0 aliphatic carbocycles. The van der Waals surface area contributed by atoms with Gasteiger partial charge in [-0.1, -0.05) is 23.7 Å². The van der Waals surface area contributed by atoms with Gasteiger partial charge in [-0.3, -0.25) is 15.0 Å². The molecule has 7 nitrogen and oxygen atoms in total. The summed E-state index contributed by atoms with van der Waals surface area (Å²) in [5, 5.41) is 12.6. The van der Waals surface area contributed by atoms with Gasteiger partial charge in [0.15, 0.2) is 0 Å². The molecule has 4 N–H and O–H groups in total. The highest BCUT2D eigenvalue weighted by Crippen LogP contribution is 2.27. The van der Waals surface area contributed by atoms with E-state index < -0.39 is 11.8 Å². The highest BCUT2D eigenvalue weighted by atomic mass is 35.5. The Bertz CT molecular complexity index is 852. The fourth-order valence-corrected chi connectivity index (χ4v) is 2.30. The van der Waals surface area contributed by atoms with Crippen molar-refractivity contribution >= 4 is 29.1 Å². The lowest BCUT2D eigenvalue weighted by molar-refractivity contribution is -0.112. The summed E-state index contributed by atoms with van der Waals surface area (Å²) < 4.78 is 5.04. The van der Waals surface area contributed by atoms with E-state index in [9.17, 15) is 14.7 Å². The number of carbonyl (C=O) groups excluding carboxylic acids is 2. The number of hydrogen-bond donors (Lipinski definition) is 4. The second-order valence-electron chi connectivity index (χ2n) is 5.26. The number of halogens is 1. The smallest absolute Gasteiger partial charge is 0.273 e. The number of para-hydroxylation sites is 1. The first-order valence-corrected chi connectivity index (χ1v) is 7.95. The number of ether oxygens (including phenoxy) is 1. The van der Waals surface area contributed by atoms with Gasteiger partial charge in [-0.15, -0.1) is 0 Å². The zero-order chi connectivity index (χ0) is 19.1. The zero-order valence-corrected chi connectivity index (χ0v) is 14.9. The number of rotatable bonds is 6. The minimum absolute atomic E-state index is 0.116. The minimum Gasteiger partial charge on any atom is -0.507 e. The lowest BCUT2D eigenvalue weighted by atomic mass is 10.2. The van der Waals surface area contributed by atoms with Crippen LogP contribution in [0.15, 0.2) is 54.2 Å². The number of aromatic hydroxyl groups is 1. The molecule has 2 amide bonds. The van der Waals surface area contributed by atoms with Gasteiger partial charge in [0.1, 0.15) is 11.5 Å². The van der Waals surface area contributed by atoms with Crippen LogP contribution >= 0.6 is 11.6 Å². The molecule has 2 aromatic rings. The topological polar surface area (TPSA) is 99.7 Å². The second kappa shape index (κ2) is 8.77. The van der Waals surface area contributed by atoms with Crippen molar-refractivity contribution in [3.05, 3.63) is 64.8 Å². The number of phenols is 1. The van der Waals surface area contributed by atoms with Crippen molar-refractivity contribution in [2.45, 2.75) is 6.92 Å². The van der Waals surface area contributed by atoms with E-state index in [-0.39, 0.29) is 11.3 Å². The maximum Gasteiger partial charge on any atom is 0.273 e. The number of hydrazine groups is 1. The molecule has 0 aliphatic heterocycles. The highest BCUT2D eigenvalue weighted by molar-refractivity contribution is 6.32. The van der Waals surface area contributed by atoms with Crippen LogP contribution in [0.25, 0.3) is 0 Å². The Hall–Kier alpha value is -3.19. The third kappa shape index (κ3) is 5.15. The lowest BCUT2D eigenvalue weighted by Gasteiger charge is -2.10. The molecule has 2 aromatic carbocycles. The van der Waals surface area contributed by atoms with Gasteiger partial charge < -0.3 is 20.6 Å². The summed E-state index contributed by atoms with van der Waals surface area (Å²) in [5.41, 5.74) is 6.01. The monoisotopic (exact) mass is 375 g/mol. The van der Waals surface area contributed by atoms with Crippen molar-refractivity contribution < 1.29 is 19.4 Å². The van der Waals surface area contributed by atoms with Gasteiger partial charge in [0, 0.05) is 17.5 Å². The minimum atomic E-state index is -0.529. The molecule has 0 unspecified atom stereocenters. The number of benzene rings is 2. The number of anilines is 1. The molecule has 26 heavy (non-hydrogen) atoms. The normalized spacial score (nSPS) is 10.8. The number of allylic oxidation sites excluding steroid dienone is 1. The Balaban J connectivity index is 1.92. The number of hydrogen-bond acceptors (Lipinski definition) is 5. The predicted molar refractivity (Wildman–Crippen MR) is 99.1 cm³/mol. The number of carbonyl (C=O) groups is 2. The van der Waals surface area contributed by atoms with Crippen molar-refractivity contribution in [3.63, 3.8) is 0 Å². The van der Waals surface area contributed by atoms with Crippen LogP contribution in [0.2, 0.25) is 5.02 Å². The maximum atomic E-state index is 12.0. The largest absolute Gasteiger partial charge is 0.507 e. The van der Waals surface area contributed by atoms with Gasteiger partial charge in [-0.2, -0.15) is 0 Å². The first kappa shape index (κ1) is 19.1. The Morgan fingerprint density at radius 3 is 2.54 bits per heavy atom. The van der Waals surface area contributed by atoms with Crippen molar-refractivity contribution in [3.8, 4) is 11.5 Å².